The van der Waals surface area contributed by atoms with Crippen molar-refractivity contribution < 1.29 is 4.79 Å². The average Bonchev–Trinajstić information content (AvgIpc) is 2.01. The van der Waals surface area contributed by atoms with Gasteiger partial charge in [0.1, 0.15) is 0 Å². The Labute approximate surface area is 92.6 Å². The summed E-state index contributed by atoms with van der Waals surface area (Å²) in [5.74, 6) is 0.746. The molecular formula is C11H22ClNO. The van der Waals surface area contributed by atoms with Crippen molar-refractivity contribution in [3.05, 3.63) is 0 Å². The van der Waals surface area contributed by atoms with Gasteiger partial charge in [0.25, 0.3) is 0 Å². The van der Waals surface area contributed by atoms with Crippen molar-refractivity contribution in [1.29, 1.82) is 0 Å². The Morgan fingerprint density at radius 2 is 1.86 bits per heavy atom. The normalized spacial score (nSPS) is 11.5. The topological polar surface area (TPSA) is 20.3 Å². The highest BCUT2D eigenvalue weighted by atomic mass is 35.5. The van der Waals surface area contributed by atoms with Gasteiger partial charge in [0.2, 0.25) is 5.91 Å². The van der Waals surface area contributed by atoms with Gasteiger partial charge in [-0.2, -0.15) is 0 Å². The minimum Gasteiger partial charge on any atom is -0.342 e. The van der Waals surface area contributed by atoms with Crippen LogP contribution in [0.25, 0.3) is 0 Å². The van der Waals surface area contributed by atoms with Crippen molar-refractivity contribution in [3.63, 3.8) is 0 Å². The van der Waals surface area contributed by atoms with Crippen molar-refractivity contribution in [1.82, 2.24) is 4.90 Å². The van der Waals surface area contributed by atoms with Crippen molar-refractivity contribution in [3.8, 4) is 0 Å². The summed E-state index contributed by atoms with van der Waals surface area (Å²) in [6.45, 7) is 9.80. The third-order valence-electron chi connectivity index (χ3n) is 1.88. The second-order valence-corrected chi connectivity index (χ2v) is 5.19. The molecule has 14 heavy (non-hydrogen) atoms. The maximum absolute atomic E-state index is 11.8. The zero-order valence-corrected chi connectivity index (χ0v) is 10.5. The summed E-state index contributed by atoms with van der Waals surface area (Å²) in [5.41, 5.74) is 0.0649. The van der Waals surface area contributed by atoms with E-state index in [1.165, 1.54) is 0 Å². The molecule has 0 radical (unpaired) electrons. The molecule has 0 spiro atoms. The van der Waals surface area contributed by atoms with Crippen molar-refractivity contribution in [2.45, 2.75) is 40.5 Å². The minimum absolute atomic E-state index is 0.0649. The molecule has 0 unspecified atom stereocenters. The van der Waals surface area contributed by atoms with Gasteiger partial charge in [0.15, 0.2) is 0 Å². The fraction of sp³-hybridized carbons (Fsp3) is 0.909. The van der Waals surface area contributed by atoms with Crippen LogP contribution in [0.1, 0.15) is 40.5 Å². The van der Waals surface area contributed by atoms with Gasteiger partial charge in [-0.15, -0.1) is 11.6 Å². The van der Waals surface area contributed by atoms with E-state index in [0.29, 0.717) is 18.8 Å². The Bertz CT molecular complexity index is 169. The summed E-state index contributed by atoms with van der Waals surface area (Å²) in [6.07, 6.45) is 1.59. The SMILES string of the molecule is CCCN(CCCl)C(=O)CC(C)(C)C. The zero-order valence-electron chi connectivity index (χ0n) is 9.77. The number of nitrogens with zero attached hydrogens (tertiary/aromatic N) is 1. The van der Waals surface area contributed by atoms with E-state index in [1.807, 2.05) is 4.90 Å². The van der Waals surface area contributed by atoms with Crippen LogP contribution in [0, 0.1) is 5.41 Å². The van der Waals surface area contributed by atoms with Crippen molar-refractivity contribution >= 4 is 17.5 Å². The standard InChI is InChI=1S/C11H22ClNO/c1-5-7-13(8-6-12)10(14)9-11(2,3)4/h5-9H2,1-4H3. The van der Waals surface area contributed by atoms with Crippen LogP contribution in [0.2, 0.25) is 0 Å². The van der Waals surface area contributed by atoms with Crippen LogP contribution in [-0.4, -0.2) is 29.8 Å². The third kappa shape index (κ3) is 6.25. The van der Waals surface area contributed by atoms with Gasteiger partial charge < -0.3 is 4.90 Å². The Hall–Kier alpha value is -0.240. The maximum Gasteiger partial charge on any atom is 0.223 e. The lowest BCUT2D eigenvalue weighted by molar-refractivity contribution is -0.132. The number of amides is 1. The Kier molecular flexibility index (Phi) is 6.17. The first-order chi connectivity index (χ1) is 6.40. The number of halogens is 1. The first-order valence-corrected chi connectivity index (χ1v) is 5.78. The summed E-state index contributed by atoms with van der Waals surface area (Å²) in [6, 6.07) is 0. The minimum atomic E-state index is 0.0649. The Morgan fingerprint density at radius 1 is 1.29 bits per heavy atom. The first-order valence-electron chi connectivity index (χ1n) is 5.24. The largest absolute Gasteiger partial charge is 0.342 e. The molecule has 0 heterocycles. The van der Waals surface area contributed by atoms with Crippen LogP contribution < -0.4 is 0 Å². The van der Waals surface area contributed by atoms with E-state index in [2.05, 4.69) is 27.7 Å². The summed E-state index contributed by atoms with van der Waals surface area (Å²) in [4.78, 5) is 13.7. The highest BCUT2D eigenvalue weighted by Crippen LogP contribution is 2.19. The second-order valence-electron chi connectivity index (χ2n) is 4.81. The van der Waals surface area contributed by atoms with Gasteiger partial charge in [-0.25, -0.2) is 0 Å². The van der Waals surface area contributed by atoms with E-state index < -0.39 is 0 Å². The van der Waals surface area contributed by atoms with Gasteiger partial charge in [0.05, 0.1) is 0 Å². The molecule has 0 rings (SSSR count). The monoisotopic (exact) mass is 219 g/mol. The van der Waals surface area contributed by atoms with Crippen LogP contribution in [0.4, 0.5) is 0 Å². The molecule has 0 saturated carbocycles. The van der Waals surface area contributed by atoms with Gasteiger partial charge in [-0.1, -0.05) is 27.7 Å². The molecule has 0 aliphatic heterocycles. The molecule has 0 aromatic carbocycles. The van der Waals surface area contributed by atoms with E-state index in [-0.39, 0.29) is 11.3 Å². The molecule has 0 N–H and O–H groups in total. The highest BCUT2D eigenvalue weighted by molar-refractivity contribution is 6.18. The molecule has 84 valence electrons. The predicted molar refractivity (Wildman–Crippen MR) is 61.7 cm³/mol. The second kappa shape index (κ2) is 6.28. The highest BCUT2D eigenvalue weighted by Gasteiger charge is 2.20. The fourth-order valence-electron chi connectivity index (χ4n) is 1.30. The zero-order chi connectivity index (χ0) is 11.2. The van der Waals surface area contributed by atoms with E-state index in [4.69, 9.17) is 11.6 Å². The molecule has 0 saturated heterocycles. The lowest BCUT2D eigenvalue weighted by Gasteiger charge is -2.25. The lowest BCUT2D eigenvalue weighted by atomic mass is 9.91. The Balaban J connectivity index is 4.14. The van der Waals surface area contributed by atoms with Crippen molar-refractivity contribution in [2.24, 2.45) is 5.41 Å². The van der Waals surface area contributed by atoms with E-state index in [0.717, 1.165) is 13.0 Å². The van der Waals surface area contributed by atoms with Crippen LogP contribution in [0.5, 0.6) is 0 Å². The summed E-state index contributed by atoms with van der Waals surface area (Å²) < 4.78 is 0. The smallest absolute Gasteiger partial charge is 0.223 e. The van der Waals surface area contributed by atoms with Gasteiger partial charge in [-0.05, 0) is 11.8 Å². The number of rotatable bonds is 5. The number of carbonyl (C=O) groups excluding carboxylic acids is 1. The van der Waals surface area contributed by atoms with Gasteiger partial charge in [-0.3, -0.25) is 4.79 Å². The van der Waals surface area contributed by atoms with Crippen LogP contribution >= 0.6 is 11.6 Å². The quantitative estimate of drug-likeness (QED) is 0.652. The number of carbonyl (C=O) groups is 1. The fourth-order valence-corrected chi connectivity index (χ4v) is 1.50. The van der Waals surface area contributed by atoms with Crippen LogP contribution in [0.3, 0.4) is 0 Å². The number of alkyl halides is 1. The maximum atomic E-state index is 11.8. The number of hydrogen-bond donors (Lipinski definition) is 0. The first kappa shape index (κ1) is 13.8. The molecule has 3 heteroatoms. The van der Waals surface area contributed by atoms with E-state index in [9.17, 15) is 4.79 Å². The van der Waals surface area contributed by atoms with Gasteiger partial charge in [0, 0.05) is 25.4 Å². The van der Waals surface area contributed by atoms with Crippen LogP contribution in [-0.2, 0) is 4.79 Å². The van der Waals surface area contributed by atoms with Crippen LogP contribution in [0.15, 0.2) is 0 Å². The van der Waals surface area contributed by atoms with Crippen molar-refractivity contribution in [2.75, 3.05) is 19.0 Å². The van der Waals surface area contributed by atoms with Gasteiger partial charge >= 0.3 is 0 Å². The third-order valence-corrected chi connectivity index (χ3v) is 2.05. The molecule has 0 aliphatic carbocycles. The molecule has 0 fully saturated rings. The summed E-state index contributed by atoms with van der Waals surface area (Å²) in [7, 11) is 0. The molecule has 0 bridgehead atoms. The molecule has 0 aromatic rings. The molecular weight excluding hydrogens is 198 g/mol. The summed E-state index contributed by atoms with van der Waals surface area (Å²) >= 11 is 5.65. The molecule has 0 atom stereocenters. The van der Waals surface area contributed by atoms with E-state index >= 15 is 0 Å². The summed E-state index contributed by atoms with van der Waals surface area (Å²) in [5, 5.41) is 0. The Morgan fingerprint density at radius 3 is 2.21 bits per heavy atom. The average molecular weight is 220 g/mol. The number of hydrogen-bond acceptors (Lipinski definition) is 1. The lowest BCUT2D eigenvalue weighted by Crippen LogP contribution is -2.35. The molecule has 2 nitrogen and oxygen atoms in total. The van der Waals surface area contributed by atoms with E-state index in [1.54, 1.807) is 0 Å². The molecule has 0 aliphatic rings. The molecule has 1 amide bonds. The predicted octanol–water partition coefficient (Wildman–Crippen LogP) is 2.90. The molecule has 0 aromatic heterocycles.